The molecule has 0 saturated carbocycles. The third kappa shape index (κ3) is 3.00. The number of rotatable bonds is 3. The summed E-state index contributed by atoms with van der Waals surface area (Å²) in [6.45, 7) is 2.35. The van der Waals surface area contributed by atoms with Crippen LogP contribution in [0.1, 0.15) is 17.3 Å². The maximum atomic E-state index is 11.7. The second-order valence-electron chi connectivity index (χ2n) is 3.86. The number of anilines is 1. The Hall–Kier alpha value is -2.14. The van der Waals surface area contributed by atoms with Crippen LogP contribution in [0.2, 0.25) is 5.02 Å². The second kappa shape index (κ2) is 5.67. The molecule has 0 bridgehead atoms. The lowest BCUT2D eigenvalue weighted by Gasteiger charge is -2.06. The molecule has 2 aromatic rings. The number of hydrogen-bond donors (Lipinski definition) is 2. The van der Waals surface area contributed by atoms with E-state index in [0.717, 1.165) is 5.56 Å². The summed E-state index contributed by atoms with van der Waals surface area (Å²) in [6.07, 6.45) is 1.42. The fourth-order valence-corrected chi connectivity index (χ4v) is 1.78. The largest absolute Gasteiger partial charge is 0.383 e. The van der Waals surface area contributed by atoms with Gasteiger partial charge in [0.2, 0.25) is 0 Å². The van der Waals surface area contributed by atoms with Crippen molar-refractivity contribution in [2.24, 2.45) is 0 Å². The predicted octanol–water partition coefficient (Wildman–Crippen LogP) is 2.13. The smallest absolute Gasteiger partial charge is 0.256 e. The topological polar surface area (TPSA) is 80.9 Å². The molecular formula is C13H13ClN4O. The van der Waals surface area contributed by atoms with Crippen molar-refractivity contribution in [2.45, 2.75) is 6.92 Å². The van der Waals surface area contributed by atoms with Gasteiger partial charge in [-0.15, -0.1) is 0 Å². The summed E-state index contributed by atoms with van der Waals surface area (Å²) in [6, 6.07) is 7.13. The number of hydrogen-bond acceptors (Lipinski definition) is 4. The molecular weight excluding hydrogens is 264 g/mol. The first-order valence-electron chi connectivity index (χ1n) is 5.78. The molecule has 0 fully saturated rings. The summed E-state index contributed by atoms with van der Waals surface area (Å²) in [4.78, 5) is 20.0. The summed E-state index contributed by atoms with van der Waals surface area (Å²) >= 11 is 5.91. The standard InChI is InChI=1S/C13H13ClN4O/c1-2-16-13(19)10-7-17-12(18-11(10)15)8-4-3-5-9(14)6-8/h3-7H,2H2,1H3,(H,16,19)(H2,15,17,18). The van der Waals surface area contributed by atoms with Crippen LogP contribution in [0.25, 0.3) is 11.4 Å². The van der Waals surface area contributed by atoms with Gasteiger partial charge in [-0.1, -0.05) is 23.7 Å². The molecule has 98 valence electrons. The highest BCUT2D eigenvalue weighted by Gasteiger charge is 2.12. The molecule has 6 heteroatoms. The summed E-state index contributed by atoms with van der Waals surface area (Å²) in [5.41, 5.74) is 6.81. The molecule has 1 heterocycles. The lowest BCUT2D eigenvalue weighted by Crippen LogP contribution is -2.24. The zero-order valence-electron chi connectivity index (χ0n) is 10.4. The number of nitrogens with two attached hydrogens (primary N) is 1. The quantitative estimate of drug-likeness (QED) is 0.900. The van der Waals surface area contributed by atoms with E-state index in [1.165, 1.54) is 6.20 Å². The highest BCUT2D eigenvalue weighted by Crippen LogP contribution is 2.20. The van der Waals surface area contributed by atoms with Crippen molar-refractivity contribution < 1.29 is 4.79 Å². The Morgan fingerprint density at radius 2 is 2.26 bits per heavy atom. The molecule has 1 aromatic carbocycles. The van der Waals surface area contributed by atoms with Gasteiger partial charge in [-0.2, -0.15) is 0 Å². The summed E-state index contributed by atoms with van der Waals surface area (Å²) in [5.74, 6) is 0.307. The third-order valence-electron chi connectivity index (χ3n) is 2.48. The highest BCUT2D eigenvalue weighted by molar-refractivity contribution is 6.30. The molecule has 19 heavy (non-hydrogen) atoms. The maximum absolute atomic E-state index is 11.7. The van der Waals surface area contributed by atoms with Gasteiger partial charge in [0.05, 0.1) is 5.56 Å². The summed E-state index contributed by atoms with van der Waals surface area (Å²) < 4.78 is 0. The number of nitrogens with one attached hydrogen (secondary N) is 1. The van der Waals surface area contributed by atoms with Crippen LogP contribution in [0.4, 0.5) is 5.82 Å². The molecule has 0 aliphatic rings. The van der Waals surface area contributed by atoms with E-state index in [-0.39, 0.29) is 17.3 Å². The number of amides is 1. The van der Waals surface area contributed by atoms with Gasteiger partial charge in [-0.25, -0.2) is 9.97 Å². The van der Waals surface area contributed by atoms with Crippen molar-refractivity contribution in [1.82, 2.24) is 15.3 Å². The van der Waals surface area contributed by atoms with Crippen molar-refractivity contribution in [3.05, 3.63) is 41.0 Å². The SMILES string of the molecule is CCNC(=O)c1cnc(-c2cccc(Cl)c2)nc1N. The highest BCUT2D eigenvalue weighted by atomic mass is 35.5. The zero-order valence-corrected chi connectivity index (χ0v) is 11.1. The van der Waals surface area contributed by atoms with Gasteiger partial charge >= 0.3 is 0 Å². The Bertz CT molecular complexity index is 615. The summed E-state index contributed by atoms with van der Waals surface area (Å²) in [7, 11) is 0. The van der Waals surface area contributed by atoms with Crippen LogP contribution in [-0.4, -0.2) is 22.4 Å². The van der Waals surface area contributed by atoms with Crippen LogP contribution >= 0.6 is 11.6 Å². The zero-order chi connectivity index (χ0) is 13.8. The number of aromatic nitrogens is 2. The van der Waals surface area contributed by atoms with Gasteiger partial charge in [-0.05, 0) is 19.1 Å². The number of nitrogen functional groups attached to an aromatic ring is 1. The van der Waals surface area contributed by atoms with Gasteiger partial charge in [0.25, 0.3) is 5.91 Å². The van der Waals surface area contributed by atoms with E-state index < -0.39 is 0 Å². The summed E-state index contributed by atoms with van der Waals surface area (Å²) in [5, 5.41) is 3.24. The predicted molar refractivity (Wildman–Crippen MR) is 74.9 cm³/mol. The Morgan fingerprint density at radius 1 is 1.47 bits per heavy atom. The van der Waals surface area contributed by atoms with E-state index in [2.05, 4.69) is 15.3 Å². The van der Waals surface area contributed by atoms with Crippen LogP contribution < -0.4 is 11.1 Å². The normalized spacial score (nSPS) is 10.2. The van der Waals surface area contributed by atoms with Gasteiger partial charge in [0, 0.05) is 23.3 Å². The first-order valence-corrected chi connectivity index (χ1v) is 6.16. The average Bonchev–Trinajstić information content (AvgIpc) is 2.38. The Labute approximate surface area is 115 Å². The maximum Gasteiger partial charge on any atom is 0.256 e. The first kappa shape index (κ1) is 13.3. The first-order chi connectivity index (χ1) is 9.11. The van der Waals surface area contributed by atoms with E-state index in [1.54, 1.807) is 18.2 Å². The molecule has 2 rings (SSSR count). The Morgan fingerprint density at radius 3 is 2.89 bits per heavy atom. The lowest BCUT2D eigenvalue weighted by atomic mass is 10.2. The molecule has 1 aromatic heterocycles. The number of halogens is 1. The monoisotopic (exact) mass is 276 g/mol. The van der Waals surface area contributed by atoms with E-state index in [4.69, 9.17) is 17.3 Å². The Balaban J connectivity index is 2.36. The lowest BCUT2D eigenvalue weighted by molar-refractivity contribution is 0.0956. The fraction of sp³-hybridized carbons (Fsp3) is 0.154. The van der Waals surface area contributed by atoms with Gasteiger partial charge in [-0.3, -0.25) is 4.79 Å². The molecule has 0 saturated heterocycles. The molecule has 0 aliphatic carbocycles. The average molecular weight is 277 g/mol. The molecule has 0 radical (unpaired) electrons. The number of nitrogens with zero attached hydrogens (tertiary/aromatic N) is 2. The van der Waals surface area contributed by atoms with Crippen molar-refractivity contribution >= 4 is 23.3 Å². The minimum Gasteiger partial charge on any atom is -0.383 e. The Kier molecular flexibility index (Phi) is 3.97. The van der Waals surface area contributed by atoms with Gasteiger partial charge in [0.15, 0.2) is 5.82 Å². The van der Waals surface area contributed by atoms with Crippen LogP contribution in [0.15, 0.2) is 30.5 Å². The van der Waals surface area contributed by atoms with Gasteiger partial charge < -0.3 is 11.1 Å². The molecule has 0 unspecified atom stereocenters. The number of carbonyl (C=O) groups is 1. The molecule has 0 spiro atoms. The van der Waals surface area contributed by atoms with Gasteiger partial charge in [0.1, 0.15) is 5.82 Å². The number of benzene rings is 1. The molecule has 0 atom stereocenters. The third-order valence-corrected chi connectivity index (χ3v) is 2.72. The number of carbonyl (C=O) groups excluding carboxylic acids is 1. The van der Waals surface area contributed by atoms with Crippen molar-refractivity contribution in [2.75, 3.05) is 12.3 Å². The van der Waals surface area contributed by atoms with E-state index in [0.29, 0.717) is 17.4 Å². The minimum absolute atomic E-state index is 0.149. The van der Waals surface area contributed by atoms with Crippen molar-refractivity contribution in [3.63, 3.8) is 0 Å². The molecule has 0 aliphatic heterocycles. The van der Waals surface area contributed by atoms with Crippen molar-refractivity contribution in [1.29, 1.82) is 0 Å². The van der Waals surface area contributed by atoms with E-state index >= 15 is 0 Å². The fourth-order valence-electron chi connectivity index (χ4n) is 1.59. The van der Waals surface area contributed by atoms with Crippen LogP contribution in [-0.2, 0) is 0 Å². The van der Waals surface area contributed by atoms with Crippen molar-refractivity contribution in [3.8, 4) is 11.4 Å². The molecule has 5 nitrogen and oxygen atoms in total. The molecule has 1 amide bonds. The van der Waals surface area contributed by atoms with Crippen LogP contribution in [0, 0.1) is 0 Å². The second-order valence-corrected chi connectivity index (χ2v) is 4.30. The molecule has 3 N–H and O–H groups in total. The van der Waals surface area contributed by atoms with Crippen LogP contribution in [0.3, 0.4) is 0 Å². The minimum atomic E-state index is -0.280. The van der Waals surface area contributed by atoms with E-state index in [9.17, 15) is 4.79 Å². The van der Waals surface area contributed by atoms with Crippen LogP contribution in [0.5, 0.6) is 0 Å². The van der Waals surface area contributed by atoms with E-state index in [1.807, 2.05) is 13.0 Å².